The smallest absolute Gasteiger partial charge is 0.161 e. The molecule has 0 aliphatic carbocycles. The second-order valence-corrected chi connectivity index (χ2v) is 8.12. The van der Waals surface area contributed by atoms with Crippen molar-refractivity contribution in [2.45, 2.75) is 46.3 Å². The molecule has 3 aromatic rings. The zero-order chi connectivity index (χ0) is 21.5. The molecule has 1 aliphatic rings. The highest BCUT2D eigenvalue weighted by Crippen LogP contribution is 2.37. The minimum Gasteiger partial charge on any atom is -0.495 e. The molecule has 7 heteroatoms. The van der Waals surface area contributed by atoms with Crippen LogP contribution in [0.3, 0.4) is 0 Å². The number of anilines is 2. The molecule has 0 amide bonds. The van der Waals surface area contributed by atoms with Crippen molar-refractivity contribution in [2.24, 2.45) is 0 Å². The normalized spacial score (nSPS) is 14.7. The number of para-hydroxylation sites is 2. The fourth-order valence-electron chi connectivity index (χ4n) is 3.85. The molecule has 1 aromatic carbocycles. The van der Waals surface area contributed by atoms with E-state index in [4.69, 9.17) is 14.5 Å². The number of hydrogen-bond acceptors (Lipinski definition) is 6. The zero-order valence-corrected chi connectivity index (χ0v) is 17.9. The van der Waals surface area contributed by atoms with Crippen molar-refractivity contribution in [2.75, 3.05) is 12.4 Å². The molecular weight excluding hydrogens is 378 g/mol. The van der Waals surface area contributed by atoms with Crippen molar-refractivity contribution >= 4 is 11.5 Å². The summed E-state index contributed by atoms with van der Waals surface area (Å²) in [5.41, 5.74) is 4.63. The van der Waals surface area contributed by atoms with Crippen molar-refractivity contribution < 1.29 is 9.47 Å². The highest BCUT2D eigenvalue weighted by atomic mass is 16.5. The Labute approximate surface area is 176 Å². The Bertz CT molecular complexity index is 1160. The molecule has 4 rings (SSSR count). The minimum absolute atomic E-state index is 0.367. The molecule has 0 bridgehead atoms. The summed E-state index contributed by atoms with van der Waals surface area (Å²) in [7, 11) is 1.62. The van der Waals surface area contributed by atoms with Gasteiger partial charge in [0.25, 0.3) is 0 Å². The maximum atomic E-state index is 10.0. The van der Waals surface area contributed by atoms with Crippen LogP contribution in [0, 0.1) is 25.2 Å². The van der Waals surface area contributed by atoms with Gasteiger partial charge in [-0.3, -0.25) is 0 Å². The summed E-state index contributed by atoms with van der Waals surface area (Å²) < 4.78 is 13.4. The number of methoxy groups -OCH3 is 1. The average molecular weight is 403 g/mol. The topological polar surface area (TPSA) is 85.0 Å². The Kier molecular flexibility index (Phi) is 4.96. The van der Waals surface area contributed by atoms with Gasteiger partial charge in [-0.15, -0.1) is 0 Å². The Morgan fingerprint density at radius 3 is 2.67 bits per heavy atom. The van der Waals surface area contributed by atoms with Crippen molar-refractivity contribution in [3.8, 4) is 17.6 Å². The summed E-state index contributed by atoms with van der Waals surface area (Å²) in [6.45, 7) is 8.40. The lowest BCUT2D eigenvalue weighted by Crippen LogP contribution is -2.33. The molecule has 0 unspecified atom stereocenters. The molecule has 2 aromatic heterocycles. The maximum absolute atomic E-state index is 10.0. The van der Waals surface area contributed by atoms with Gasteiger partial charge in [-0.1, -0.05) is 12.1 Å². The number of hydrogen-bond donors (Lipinski definition) is 1. The zero-order valence-electron chi connectivity index (χ0n) is 17.9. The van der Waals surface area contributed by atoms with Crippen molar-refractivity contribution in [3.63, 3.8) is 0 Å². The molecule has 30 heavy (non-hydrogen) atoms. The van der Waals surface area contributed by atoms with E-state index < -0.39 is 0 Å². The largest absolute Gasteiger partial charge is 0.495 e. The van der Waals surface area contributed by atoms with Gasteiger partial charge in [0, 0.05) is 17.7 Å². The van der Waals surface area contributed by atoms with Gasteiger partial charge in [-0.05, 0) is 51.5 Å². The number of benzene rings is 1. The predicted octanol–water partition coefficient (Wildman–Crippen LogP) is 4.36. The summed E-state index contributed by atoms with van der Waals surface area (Å²) >= 11 is 0. The number of aryl methyl sites for hydroxylation is 2. The molecule has 154 valence electrons. The van der Waals surface area contributed by atoms with Crippen LogP contribution in [-0.2, 0) is 17.8 Å². The minimum atomic E-state index is -0.367. The number of pyridine rings is 1. The van der Waals surface area contributed by atoms with E-state index in [1.165, 1.54) is 0 Å². The number of nitrogens with zero attached hydrogens (tertiary/aromatic N) is 4. The summed E-state index contributed by atoms with van der Waals surface area (Å²) in [6, 6.07) is 12.0. The van der Waals surface area contributed by atoms with Crippen LogP contribution in [0.15, 0.2) is 30.3 Å². The van der Waals surface area contributed by atoms with Crippen LogP contribution < -0.4 is 10.1 Å². The first-order valence-electron chi connectivity index (χ1n) is 9.86. The standard InChI is InChI=1S/C23H25N5O2/c1-14-10-15(2)28(27-14)22-18-13-30-23(3,4)11-16(18)17(12-24)21(26-22)25-19-8-6-7-9-20(19)29-5/h6-10H,11,13H2,1-5H3,(H,25,26). The van der Waals surface area contributed by atoms with E-state index in [2.05, 4.69) is 16.5 Å². The molecule has 1 N–H and O–H groups in total. The van der Waals surface area contributed by atoms with Crippen molar-refractivity contribution in [3.05, 3.63) is 58.4 Å². The van der Waals surface area contributed by atoms with Gasteiger partial charge >= 0.3 is 0 Å². The van der Waals surface area contributed by atoms with Crippen LogP contribution in [-0.4, -0.2) is 27.5 Å². The molecule has 0 saturated heterocycles. The molecule has 0 fully saturated rings. The van der Waals surface area contributed by atoms with Crippen LogP contribution >= 0.6 is 0 Å². The Hall–Kier alpha value is -3.37. The van der Waals surface area contributed by atoms with Gasteiger partial charge in [0.15, 0.2) is 11.6 Å². The van der Waals surface area contributed by atoms with Crippen LogP contribution in [0.25, 0.3) is 5.82 Å². The molecular formula is C23H25N5O2. The Balaban J connectivity index is 1.95. The molecule has 0 saturated carbocycles. The maximum Gasteiger partial charge on any atom is 0.161 e. The second-order valence-electron chi connectivity index (χ2n) is 8.12. The Morgan fingerprint density at radius 1 is 1.23 bits per heavy atom. The van der Waals surface area contributed by atoms with Crippen LogP contribution in [0.4, 0.5) is 11.5 Å². The molecule has 0 spiro atoms. The van der Waals surface area contributed by atoms with Crippen LogP contribution in [0.1, 0.15) is 41.9 Å². The fourth-order valence-corrected chi connectivity index (χ4v) is 3.85. The predicted molar refractivity (Wildman–Crippen MR) is 114 cm³/mol. The molecule has 0 atom stereocenters. The van der Waals surface area contributed by atoms with E-state index in [0.29, 0.717) is 36.0 Å². The van der Waals surface area contributed by atoms with Gasteiger partial charge in [0.05, 0.1) is 36.3 Å². The van der Waals surface area contributed by atoms with Crippen molar-refractivity contribution in [1.82, 2.24) is 14.8 Å². The first-order chi connectivity index (χ1) is 14.3. The van der Waals surface area contributed by atoms with E-state index in [1.54, 1.807) is 7.11 Å². The fraction of sp³-hybridized carbons (Fsp3) is 0.348. The summed E-state index contributed by atoms with van der Waals surface area (Å²) in [6.07, 6.45) is 0.612. The highest BCUT2D eigenvalue weighted by Gasteiger charge is 2.33. The van der Waals surface area contributed by atoms with Crippen LogP contribution in [0.2, 0.25) is 0 Å². The molecule has 1 aliphatic heterocycles. The van der Waals surface area contributed by atoms with Crippen molar-refractivity contribution in [1.29, 1.82) is 5.26 Å². The lowest BCUT2D eigenvalue weighted by atomic mass is 9.89. The number of rotatable bonds is 4. The van der Waals surface area contributed by atoms with E-state index in [9.17, 15) is 5.26 Å². The van der Waals surface area contributed by atoms with Gasteiger partial charge in [-0.25, -0.2) is 9.67 Å². The van der Waals surface area contributed by atoms with Gasteiger partial charge in [-0.2, -0.15) is 10.4 Å². The lowest BCUT2D eigenvalue weighted by Gasteiger charge is -2.33. The average Bonchev–Trinajstić information content (AvgIpc) is 3.04. The van der Waals surface area contributed by atoms with Crippen LogP contribution in [0.5, 0.6) is 5.75 Å². The first kappa shape index (κ1) is 19.9. The van der Waals surface area contributed by atoms with E-state index in [1.807, 2.05) is 62.7 Å². The number of nitrogens with one attached hydrogen (secondary N) is 1. The third kappa shape index (κ3) is 3.51. The van der Waals surface area contributed by atoms with Gasteiger partial charge in [0.2, 0.25) is 0 Å². The third-order valence-corrected chi connectivity index (χ3v) is 5.28. The van der Waals surface area contributed by atoms with E-state index >= 15 is 0 Å². The Morgan fingerprint density at radius 2 is 2.00 bits per heavy atom. The molecule has 3 heterocycles. The summed E-state index contributed by atoms with van der Waals surface area (Å²) in [5, 5.41) is 18.0. The van der Waals surface area contributed by atoms with Gasteiger partial charge in [0.1, 0.15) is 11.8 Å². The molecule has 7 nitrogen and oxygen atoms in total. The highest BCUT2D eigenvalue weighted by molar-refractivity contribution is 5.71. The third-order valence-electron chi connectivity index (χ3n) is 5.28. The SMILES string of the molecule is COc1ccccc1Nc1nc(-n2nc(C)cc2C)c2c(c1C#N)CC(C)(C)OC2. The number of aromatic nitrogens is 3. The quantitative estimate of drug-likeness (QED) is 0.697. The second kappa shape index (κ2) is 7.47. The number of ether oxygens (including phenoxy) is 2. The van der Waals surface area contributed by atoms with E-state index in [-0.39, 0.29) is 5.60 Å². The first-order valence-corrected chi connectivity index (χ1v) is 9.86. The lowest BCUT2D eigenvalue weighted by molar-refractivity contribution is -0.0403. The number of fused-ring (bicyclic) bond motifs is 1. The van der Waals surface area contributed by atoms with E-state index in [0.717, 1.165) is 28.2 Å². The van der Waals surface area contributed by atoms with Gasteiger partial charge < -0.3 is 14.8 Å². The summed E-state index contributed by atoms with van der Waals surface area (Å²) in [4.78, 5) is 4.85. The monoisotopic (exact) mass is 403 g/mol. The number of nitriles is 1. The summed E-state index contributed by atoms with van der Waals surface area (Å²) in [5.74, 6) is 1.85. The molecule has 0 radical (unpaired) electrons.